The summed E-state index contributed by atoms with van der Waals surface area (Å²) < 4.78 is 5.42. The van der Waals surface area contributed by atoms with E-state index in [1.807, 2.05) is 68.6 Å². The Balaban J connectivity index is 1.55. The molecule has 5 rings (SSSR count). The zero-order chi connectivity index (χ0) is 26.1. The predicted molar refractivity (Wildman–Crippen MR) is 158 cm³/mol. The minimum absolute atomic E-state index is 0.0681. The smallest absolute Gasteiger partial charge is 0.274 e. The molecule has 1 saturated heterocycles. The van der Waals surface area contributed by atoms with Crippen molar-refractivity contribution in [2.24, 2.45) is 4.99 Å². The molecule has 0 atom stereocenters. The largest absolute Gasteiger partial charge is 0.497 e. The SMILES string of the molecule is CCN(CC)c1ccc(N=C2S/C(=C3\Sc4ccc(OC)cc4N3C)C(=O)N2c2ccc(C)cc2)cc1. The maximum atomic E-state index is 13.9. The number of amidine groups is 1. The highest BCUT2D eigenvalue weighted by atomic mass is 32.2. The Morgan fingerprint density at radius 2 is 1.65 bits per heavy atom. The lowest BCUT2D eigenvalue weighted by molar-refractivity contribution is -0.113. The van der Waals surface area contributed by atoms with E-state index in [1.54, 1.807) is 23.8 Å². The fourth-order valence-corrected chi connectivity index (χ4v) is 6.72. The van der Waals surface area contributed by atoms with Crippen LogP contribution in [0.15, 0.2) is 86.6 Å². The van der Waals surface area contributed by atoms with Gasteiger partial charge in [0.2, 0.25) is 0 Å². The van der Waals surface area contributed by atoms with E-state index in [0.29, 0.717) is 10.1 Å². The molecule has 8 heteroatoms. The van der Waals surface area contributed by atoms with Gasteiger partial charge in [-0.2, -0.15) is 0 Å². The van der Waals surface area contributed by atoms with Crippen LogP contribution >= 0.6 is 23.5 Å². The minimum atomic E-state index is -0.0681. The van der Waals surface area contributed by atoms with Gasteiger partial charge in [0.15, 0.2) is 5.17 Å². The summed E-state index contributed by atoms with van der Waals surface area (Å²) in [5.74, 6) is 0.723. The number of hydrogen-bond donors (Lipinski definition) is 0. The third kappa shape index (κ3) is 4.83. The normalized spacial score (nSPS) is 18.1. The summed E-state index contributed by atoms with van der Waals surface area (Å²) >= 11 is 3.03. The van der Waals surface area contributed by atoms with Gasteiger partial charge in [-0.05, 0) is 81.1 Å². The van der Waals surface area contributed by atoms with E-state index in [0.717, 1.165) is 51.4 Å². The summed E-state index contributed by atoms with van der Waals surface area (Å²) in [4.78, 5) is 26.7. The molecule has 3 aromatic carbocycles. The van der Waals surface area contributed by atoms with E-state index in [4.69, 9.17) is 9.73 Å². The molecule has 0 aliphatic carbocycles. The Morgan fingerprint density at radius 3 is 2.30 bits per heavy atom. The lowest BCUT2D eigenvalue weighted by atomic mass is 10.2. The molecule has 6 nitrogen and oxygen atoms in total. The second-order valence-corrected chi connectivity index (χ2v) is 10.8. The van der Waals surface area contributed by atoms with Crippen LogP contribution in [-0.2, 0) is 4.79 Å². The zero-order valence-corrected chi connectivity index (χ0v) is 23.3. The van der Waals surface area contributed by atoms with Gasteiger partial charge in [0.1, 0.15) is 10.7 Å². The number of thioether (sulfide) groups is 2. The molecule has 0 aromatic heterocycles. The maximum Gasteiger partial charge on any atom is 0.274 e. The van der Waals surface area contributed by atoms with Crippen molar-refractivity contribution in [1.82, 2.24) is 0 Å². The quantitative estimate of drug-likeness (QED) is 0.319. The number of carbonyl (C=O) groups excluding carboxylic acids is 1. The van der Waals surface area contributed by atoms with Crippen LogP contribution in [0, 0.1) is 6.92 Å². The molecular weight excluding hydrogens is 500 g/mol. The van der Waals surface area contributed by atoms with Crippen LogP contribution in [0.3, 0.4) is 0 Å². The first-order valence-corrected chi connectivity index (χ1v) is 13.9. The van der Waals surface area contributed by atoms with Gasteiger partial charge in [0.25, 0.3) is 5.91 Å². The molecule has 190 valence electrons. The lowest BCUT2D eigenvalue weighted by Gasteiger charge is -2.21. The van der Waals surface area contributed by atoms with Gasteiger partial charge >= 0.3 is 0 Å². The first-order valence-electron chi connectivity index (χ1n) is 12.3. The third-order valence-corrected chi connectivity index (χ3v) is 8.90. The highest BCUT2D eigenvalue weighted by Gasteiger charge is 2.40. The summed E-state index contributed by atoms with van der Waals surface area (Å²) in [6.45, 7) is 8.25. The van der Waals surface area contributed by atoms with E-state index in [1.165, 1.54) is 17.4 Å². The Kier molecular flexibility index (Phi) is 7.22. The van der Waals surface area contributed by atoms with Crippen LogP contribution in [0.4, 0.5) is 22.7 Å². The average Bonchev–Trinajstić information content (AvgIpc) is 3.41. The fourth-order valence-electron chi connectivity index (χ4n) is 4.39. The molecule has 0 unspecified atom stereocenters. The fraction of sp³-hybridized carbons (Fsp3) is 0.241. The lowest BCUT2D eigenvalue weighted by Crippen LogP contribution is -2.29. The molecule has 3 aromatic rings. The minimum Gasteiger partial charge on any atom is -0.497 e. The molecule has 1 amide bonds. The molecular formula is C29H30N4O2S2. The van der Waals surface area contributed by atoms with E-state index in [2.05, 4.69) is 35.8 Å². The topological polar surface area (TPSA) is 48.4 Å². The molecule has 0 N–H and O–H groups in total. The standard InChI is InChI=1S/C29H30N4O2S2/c1-6-32(7-2)21-14-10-20(11-15-21)30-29-33(22-12-8-19(3)9-13-22)27(34)26(37-29)28-31(4)24-18-23(35-5)16-17-25(24)36-28/h8-18H,6-7H2,1-5H3/b28-26-,30-29?. The molecule has 0 bridgehead atoms. The van der Waals surface area contributed by atoms with Crippen LogP contribution in [-0.4, -0.2) is 38.3 Å². The summed E-state index contributed by atoms with van der Waals surface area (Å²) in [5, 5.41) is 1.55. The number of hydrogen-bond acceptors (Lipinski definition) is 7. The summed E-state index contributed by atoms with van der Waals surface area (Å²) in [6.07, 6.45) is 0. The van der Waals surface area contributed by atoms with Crippen molar-refractivity contribution in [1.29, 1.82) is 0 Å². The number of ether oxygens (including phenoxy) is 1. The molecule has 0 saturated carbocycles. The molecule has 2 aliphatic heterocycles. The number of nitrogens with zero attached hydrogens (tertiary/aromatic N) is 4. The predicted octanol–water partition coefficient (Wildman–Crippen LogP) is 7.03. The average molecular weight is 531 g/mol. The van der Waals surface area contributed by atoms with Crippen molar-refractivity contribution < 1.29 is 9.53 Å². The Hall–Kier alpha value is -3.36. The van der Waals surface area contributed by atoms with Crippen molar-refractivity contribution in [3.63, 3.8) is 0 Å². The van der Waals surface area contributed by atoms with Gasteiger partial charge in [-0.3, -0.25) is 9.69 Å². The number of aliphatic imine (C=N–C) groups is 1. The van der Waals surface area contributed by atoms with Gasteiger partial charge in [-0.1, -0.05) is 29.5 Å². The van der Waals surface area contributed by atoms with Gasteiger partial charge in [-0.25, -0.2) is 4.99 Å². The Morgan fingerprint density at radius 1 is 0.946 bits per heavy atom. The number of amides is 1. The number of methoxy groups -OCH3 is 1. The van der Waals surface area contributed by atoms with Crippen LogP contribution < -0.4 is 19.4 Å². The second-order valence-electron chi connectivity index (χ2n) is 8.79. The Labute approximate surface area is 227 Å². The number of benzene rings is 3. The summed E-state index contributed by atoms with van der Waals surface area (Å²) in [7, 11) is 3.65. The first-order chi connectivity index (χ1) is 17.9. The van der Waals surface area contributed by atoms with Gasteiger partial charge in [0, 0.05) is 36.8 Å². The highest BCUT2D eigenvalue weighted by Crippen LogP contribution is 2.51. The van der Waals surface area contributed by atoms with Crippen LogP contribution in [0.5, 0.6) is 5.75 Å². The third-order valence-electron chi connectivity index (χ3n) is 6.51. The van der Waals surface area contributed by atoms with E-state index >= 15 is 0 Å². The zero-order valence-electron chi connectivity index (χ0n) is 21.7. The van der Waals surface area contributed by atoms with E-state index in [-0.39, 0.29) is 5.91 Å². The molecule has 2 heterocycles. The Bertz CT molecular complexity index is 1380. The van der Waals surface area contributed by atoms with Crippen LogP contribution in [0.1, 0.15) is 19.4 Å². The van der Waals surface area contributed by atoms with E-state index in [9.17, 15) is 4.79 Å². The maximum absolute atomic E-state index is 13.9. The number of carbonyl (C=O) groups is 1. The highest BCUT2D eigenvalue weighted by molar-refractivity contribution is 8.20. The molecule has 0 radical (unpaired) electrons. The summed E-state index contributed by atoms with van der Waals surface area (Å²) in [6, 6.07) is 22.2. The van der Waals surface area contributed by atoms with Crippen molar-refractivity contribution in [2.75, 3.05) is 41.9 Å². The number of rotatable bonds is 6. The second kappa shape index (κ2) is 10.6. The number of aryl methyl sites for hydroxylation is 1. The summed E-state index contributed by atoms with van der Waals surface area (Å²) in [5.41, 5.74) is 4.96. The van der Waals surface area contributed by atoms with E-state index < -0.39 is 0 Å². The van der Waals surface area contributed by atoms with Gasteiger partial charge in [-0.15, -0.1) is 0 Å². The van der Waals surface area contributed by atoms with Gasteiger partial charge < -0.3 is 14.5 Å². The molecule has 37 heavy (non-hydrogen) atoms. The van der Waals surface area contributed by atoms with Crippen molar-refractivity contribution in [3.8, 4) is 5.75 Å². The van der Waals surface area contributed by atoms with Gasteiger partial charge in [0.05, 0.1) is 29.2 Å². The van der Waals surface area contributed by atoms with Crippen molar-refractivity contribution in [3.05, 3.63) is 82.2 Å². The molecule has 1 fully saturated rings. The van der Waals surface area contributed by atoms with Crippen molar-refractivity contribution in [2.45, 2.75) is 25.7 Å². The molecule has 0 spiro atoms. The van der Waals surface area contributed by atoms with Crippen LogP contribution in [0.2, 0.25) is 0 Å². The number of anilines is 3. The first kappa shape index (κ1) is 25.3. The number of fused-ring (bicyclic) bond motifs is 1. The monoisotopic (exact) mass is 530 g/mol. The van der Waals surface area contributed by atoms with Crippen molar-refractivity contribution >= 4 is 57.3 Å². The van der Waals surface area contributed by atoms with Crippen LogP contribution in [0.25, 0.3) is 0 Å². The molecule has 2 aliphatic rings.